The standard InChI is InChI=1S/C38H42N8O4/c1-5-46(31-11-12-33-32(20-31)36(42-41-33)29-10-13-34(39-21-29)49-24(2)3)38(48)30-14-17-44(22-30)23-35(47)45-18-15-27(16-19-45)26-6-8-28(9-7-26)37-43-40-25(4)50-37/h6-13,15,20-21,24,30H,5,14,16-19,22-23H2,1-4H3,(H,41,42)/t30-/m1/s1. The Hall–Kier alpha value is -5.36. The van der Waals surface area contributed by atoms with Crippen LogP contribution in [0.4, 0.5) is 5.69 Å². The number of aromatic nitrogens is 5. The van der Waals surface area contributed by atoms with Crippen LogP contribution in [0.1, 0.15) is 45.1 Å². The van der Waals surface area contributed by atoms with Crippen LogP contribution in [0.15, 0.2) is 71.3 Å². The fourth-order valence-electron chi connectivity index (χ4n) is 6.77. The molecule has 2 aliphatic heterocycles. The number of benzene rings is 2. The maximum absolute atomic E-state index is 13.9. The molecule has 0 radical (unpaired) electrons. The number of hydrogen-bond donors (Lipinski definition) is 1. The number of carbonyl (C=O) groups excluding carboxylic acids is 2. The molecule has 2 aromatic carbocycles. The van der Waals surface area contributed by atoms with Gasteiger partial charge in [0.2, 0.25) is 29.5 Å². The molecule has 2 aliphatic rings. The molecule has 1 atom stereocenters. The summed E-state index contributed by atoms with van der Waals surface area (Å²) in [7, 11) is 0. The van der Waals surface area contributed by atoms with Crippen LogP contribution < -0.4 is 9.64 Å². The highest BCUT2D eigenvalue weighted by atomic mass is 16.5. The molecule has 258 valence electrons. The van der Waals surface area contributed by atoms with Gasteiger partial charge in [-0.15, -0.1) is 10.2 Å². The Balaban J connectivity index is 0.953. The summed E-state index contributed by atoms with van der Waals surface area (Å²) < 4.78 is 11.2. The van der Waals surface area contributed by atoms with Crippen molar-refractivity contribution in [2.45, 2.75) is 46.6 Å². The summed E-state index contributed by atoms with van der Waals surface area (Å²) in [5.41, 5.74) is 6.57. The Morgan fingerprint density at radius 3 is 2.52 bits per heavy atom. The van der Waals surface area contributed by atoms with Gasteiger partial charge in [-0.3, -0.25) is 19.6 Å². The lowest BCUT2D eigenvalue weighted by molar-refractivity contribution is -0.132. The fraction of sp³-hybridized carbons (Fsp3) is 0.368. The molecule has 1 saturated heterocycles. The molecule has 0 unspecified atom stereocenters. The van der Waals surface area contributed by atoms with Crippen molar-refractivity contribution in [1.29, 1.82) is 0 Å². The van der Waals surface area contributed by atoms with Crippen molar-refractivity contribution >= 4 is 34.0 Å². The third-order valence-corrected chi connectivity index (χ3v) is 9.38. The number of hydrogen-bond acceptors (Lipinski definition) is 9. The van der Waals surface area contributed by atoms with E-state index in [9.17, 15) is 9.59 Å². The first-order valence-corrected chi connectivity index (χ1v) is 17.3. The molecule has 0 aliphatic carbocycles. The van der Waals surface area contributed by atoms with Gasteiger partial charge in [0.15, 0.2) is 0 Å². The Morgan fingerprint density at radius 2 is 1.84 bits per heavy atom. The van der Waals surface area contributed by atoms with E-state index >= 15 is 0 Å². The third-order valence-electron chi connectivity index (χ3n) is 9.38. The zero-order chi connectivity index (χ0) is 34.8. The van der Waals surface area contributed by atoms with Crippen molar-refractivity contribution in [3.63, 3.8) is 0 Å². The van der Waals surface area contributed by atoms with E-state index in [0.29, 0.717) is 50.4 Å². The van der Waals surface area contributed by atoms with Gasteiger partial charge in [0, 0.05) is 67.6 Å². The lowest BCUT2D eigenvalue weighted by Crippen LogP contribution is -2.42. The van der Waals surface area contributed by atoms with Crippen LogP contribution in [-0.4, -0.2) is 92.4 Å². The summed E-state index contributed by atoms with van der Waals surface area (Å²) in [5, 5.41) is 16.6. The monoisotopic (exact) mass is 674 g/mol. The minimum atomic E-state index is -0.174. The van der Waals surface area contributed by atoms with E-state index in [1.165, 1.54) is 5.57 Å². The van der Waals surface area contributed by atoms with Gasteiger partial charge in [-0.1, -0.05) is 18.2 Å². The van der Waals surface area contributed by atoms with E-state index in [0.717, 1.165) is 58.4 Å². The van der Waals surface area contributed by atoms with Crippen LogP contribution in [0.25, 0.3) is 39.2 Å². The third kappa shape index (κ3) is 7.02. The summed E-state index contributed by atoms with van der Waals surface area (Å²) in [5.74, 6) is 1.61. The topological polar surface area (TPSA) is 134 Å². The highest BCUT2D eigenvalue weighted by Crippen LogP contribution is 2.32. The van der Waals surface area contributed by atoms with Gasteiger partial charge in [-0.2, -0.15) is 5.10 Å². The predicted molar refractivity (Wildman–Crippen MR) is 191 cm³/mol. The van der Waals surface area contributed by atoms with E-state index in [2.05, 4.69) is 48.5 Å². The second-order valence-corrected chi connectivity index (χ2v) is 13.2. The van der Waals surface area contributed by atoms with Gasteiger partial charge >= 0.3 is 0 Å². The van der Waals surface area contributed by atoms with Gasteiger partial charge in [-0.25, -0.2) is 4.98 Å². The number of fused-ring (bicyclic) bond motifs is 1. The number of H-pyrrole nitrogens is 1. The molecule has 7 rings (SSSR count). The number of rotatable bonds is 10. The van der Waals surface area contributed by atoms with Gasteiger partial charge in [0.1, 0.15) is 5.69 Å². The lowest BCUT2D eigenvalue weighted by Gasteiger charge is -2.29. The number of amides is 2. The molecule has 3 aromatic heterocycles. The Bertz CT molecular complexity index is 2010. The summed E-state index contributed by atoms with van der Waals surface area (Å²) in [4.78, 5) is 37.5. The summed E-state index contributed by atoms with van der Waals surface area (Å²) >= 11 is 0. The first-order chi connectivity index (χ1) is 24.2. The minimum absolute atomic E-state index is 0.0404. The molecule has 12 nitrogen and oxygen atoms in total. The molecule has 0 saturated carbocycles. The number of likely N-dealkylation sites (tertiary alicyclic amines) is 1. The number of ether oxygens (including phenoxy) is 1. The largest absolute Gasteiger partial charge is 0.475 e. The first kappa shape index (κ1) is 33.2. The van der Waals surface area contributed by atoms with Gasteiger partial charge in [0.05, 0.1) is 24.1 Å². The predicted octanol–water partition coefficient (Wildman–Crippen LogP) is 5.76. The SMILES string of the molecule is CCN(C(=O)[C@@H]1CCN(CC(=O)N2CC=C(c3ccc(-c4nnc(C)o4)cc3)CC2)C1)c1ccc2[nH]nc(-c3ccc(OC(C)C)nc3)c2c1. The zero-order valence-electron chi connectivity index (χ0n) is 28.9. The number of anilines is 1. The van der Waals surface area contributed by atoms with Crippen LogP contribution in [0.2, 0.25) is 0 Å². The molecule has 1 N–H and O–H groups in total. The number of aryl methyl sites for hydroxylation is 1. The van der Waals surface area contributed by atoms with E-state index in [1.54, 1.807) is 13.1 Å². The Kier molecular flexibility index (Phi) is 9.44. The Labute approximate surface area is 291 Å². The Morgan fingerprint density at radius 1 is 1.04 bits per heavy atom. The van der Waals surface area contributed by atoms with Crippen LogP contribution >= 0.6 is 0 Å². The molecule has 12 heteroatoms. The number of pyridine rings is 1. The molecule has 0 spiro atoms. The minimum Gasteiger partial charge on any atom is -0.475 e. The highest BCUT2D eigenvalue weighted by Gasteiger charge is 2.33. The lowest BCUT2D eigenvalue weighted by atomic mass is 9.98. The summed E-state index contributed by atoms with van der Waals surface area (Å²) in [6, 6.07) is 17.8. The van der Waals surface area contributed by atoms with Gasteiger partial charge in [0.25, 0.3) is 0 Å². The second-order valence-electron chi connectivity index (χ2n) is 13.2. The first-order valence-electron chi connectivity index (χ1n) is 17.3. The van der Waals surface area contributed by atoms with Crippen LogP contribution in [0.5, 0.6) is 5.88 Å². The normalized spacial score (nSPS) is 16.6. The zero-order valence-corrected chi connectivity index (χ0v) is 28.9. The summed E-state index contributed by atoms with van der Waals surface area (Å²) in [6.07, 6.45) is 5.45. The quantitative estimate of drug-likeness (QED) is 0.196. The van der Waals surface area contributed by atoms with E-state index in [4.69, 9.17) is 9.15 Å². The van der Waals surface area contributed by atoms with Crippen LogP contribution in [-0.2, 0) is 9.59 Å². The van der Waals surface area contributed by atoms with Gasteiger partial charge in [-0.05, 0) is 87.7 Å². The average Bonchev–Trinajstić information content (AvgIpc) is 3.89. The van der Waals surface area contributed by atoms with Crippen molar-refractivity contribution in [1.82, 2.24) is 35.2 Å². The van der Waals surface area contributed by atoms with Crippen molar-refractivity contribution in [2.75, 3.05) is 44.2 Å². The molecule has 0 bridgehead atoms. The number of nitrogens with one attached hydrogen (secondary N) is 1. The maximum atomic E-state index is 13.9. The van der Waals surface area contributed by atoms with Crippen molar-refractivity contribution < 1.29 is 18.7 Å². The number of carbonyl (C=O) groups is 2. The molecule has 1 fully saturated rings. The number of aromatic amines is 1. The molecular formula is C38H42N8O4. The van der Waals surface area contributed by atoms with Crippen LogP contribution in [0.3, 0.4) is 0 Å². The van der Waals surface area contributed by atoms with Gasteiger partial charge < -0.3 is 19.0 Å². The van der Waals surface area contributed by atoms with Crippen molar-refractivity contribution in [3.8, 4) is 28.6 Å². The fourth-order valence-corrected chi connectivity index (χ4v) is 6.77. The van der Waals surface area contributed by atoms with E-state index < -0.39 is 0 Å². The van der Waals surface area contributed by atoms with Crippen molar-refractivity contribution in [3.05, 3.63) is 78.3 Å². The van der Waals surface area contributed by atoms with E-state index in [-0.39, 0.29) is 23.8 Å². The molecule has 50 heavy (non-hydrogen) atoms. The van der Waals surface area contributed by atoms with E-state index in [1.807, 2.05) is 73.0 Å². The maximum Gasteiger partial charge on any atom is 0.247 e. The summed E-state index contributed by atoms with van der Waals surface area (Å²) in [6.45, 7) is 11.1. The average molecular weight is 675 g/mol. The molecule has 2 amide bonds. The second kappa shape index (κ2) is 14.2. The number of nitrogens with zero attached hydrogens (tertiary/aromatic N) is 7. The smallest absolute Gasteiger partial charge is 0.247 e. The van der Waals surface area contributed by atoms with Crippen molar-refractivity contribution in [2.24, 2.45) is 5.92 Å². The van der Waals surface area contributed by atoms with Crippen LogP contribution in [0, 0.1) is 12.8 Å². The molecule has 5 aromatic rings. The molecule has 5 heterocycles. The molecular weight excluding hydrogens is 632 g/mol. The highest BCUT2D eigenvalue weighted by molar-refractivity contribution is 6.00.